The number of hydrogen-bond acceptors (Lipinski definition) is 1. The number of quaternary nitrogens is 1. The molecule has 2 N–H and O–H groups in total. The molecule has 2 aliphatic heterocycles. The van der Waals surface area contributed by atoms with E-state index >= 15 is 0 Å². The molecule has 86 valence electrons. The normalized spacial score (nSPS) is 23.2. The third-order valence-electron chi connectivity index (χ3n) is 3.58. The van der Waals surface area contributed by atoms with Crippen LogP contribution in [0.2, 0.25) is 0 Å². The maximum absolute atomic E-state index is 3.47. The molecule has 0 saturated carbocycles. The van der Waals surface area contributed by atoms with Gasteiger partial charge >= 0.3 is 0 Å². The van der Waals surface area contributed by atoms with Crippen molar-refractivity contribution >= 4 is 11.3 Å². The van der Waals surface area contributed by atoms with E-state index in [0.717, 1.165) is 13.1 Å². The van der Waals surface area contributed by atoms with E-state index in [0.29, 0.717) is 0 Å². The minimum absolute atomic E-state index is 0. The van der Waals surface area contributed by atoms with Crippen LogP contribution in [0.3, 0.4) is 0 Å². The molecule has 3 heteroatoms. The lowest BCUT2D eigenvalue weighted by Gasteiger charge is -2.10. The Morgan fingerprint density at radius 1 is 1.12 bits per heavy atom. The van der Waals surface area contributed by atoms with Crippen LogP contribution in [-0.2, 0) is 0 Å². The highest BCUT2D eigenvalue weighted by atomic mass is 35.5. The summed E-state index contributed by atoms with van der Waals surface area (Å²) < 4.78 is 0. The zero-order valence-electron chi connectivity index (χ0n) is 9.52. The Morgan fingerprint density at radius 2 is 1.88 bits per heavy atom. The molecular formula is C13H17ClN2. The fourth-order valence-corrected chi connectivity index (χ4v) is 2.80. The summed E-state index contributed by atoms with van der Waals surface area (Å²) in [4.78, 5) is 1.50. The summed E-state index contributed by atoms with van der Waals surface area (Å²) in [6.07, 6.45) is 2.37. The number of nitrogens with one attached hydrogen (secondary N) is 2. The molecule has 3 rings (SSSR count). The third kappa shape index (κ3) is 1.67. The van der Waals surface area contributed by atoms with E-state index in [1.165, 1.54) is 29.0 Å². The smallest absolute Gasteiger partial charge is 0.143 e. The molecule has 0 aromatic heterocycles. The van der Waals surface area contributed by atoms with Crippen LogP contribution in [0.1, 0.15) is 18.4 Å². The molecule has 0 fully saturated rings. The number of halogens is 1. The lowest BCUT2D eigenvalue weighted by molar-refractivity contribution is -0.764. The Bertz CT molecular complexity index is 426. The summed E-state index contributed by atoms with van der Waals surface area (Å²) >= 11 is 0. The van der Waals surface area contributed by atoms with E-state index < -0.39 is 0 Å². The highest BCUT2D eigenvalue weighted by molar-refractivity contribution is 5.77. The van der Waals surface area contributed by atoms with Crippen molar-refractivity contribution in [1.82, 2.24) is 5.32 Å². The quantitative estimate of drug-likeness (QED) is 0.530. The average molecular weight is 237 g/mol. The van der Waals surface area contributed by atoms with Gasteiger partial charge in [-0.1, -0.05) is 12.1 Å². The number of benzene rings is 1. The molecule has 0 spiro atoms. The number of para-hydroxylation sites is 1. The predicted molar refractivity (Wildman–Crippen MR) is 62.0 cm³/mol. The van der Waals surface area contributed by atoms with Crippen LogP contribution in [0.15, 0.2) is 30.0 Å². The second-order valence-corrected chi connectivity index (χ2v) is 4.38. The van der Waals surface area contributed by atoms with Crippen LogP contribution in [0, 0.1) is 0 Å². The fraction of sp³-hybridized carbons (Fsp3) is 0.385. The third-order valence-corrected chi connectivity index (χ3v) is 3.58. The van der Waals surface area contributed by atoms with E-state index in [-0.39, 0.29) is 12.4 Å². The largest absolute Gasteiger partial charge is 1.00 e. The highest BCUT2D eigenvalue weighted by Gasteiger charge is 2.31. The molecule has 0 amide bonds. The molecule has 0 bridgehead atoms. The lowest BCUT2D eigenvalue weighted by Crippen LogP contribution is -3.01. The topological polar surface area (TPSA) is 16.5 Å². The maximum atomic E-state index is 3.47. The van der Waals surface area contributed by atoms with Gasteiger partial charge in [-0.2, -0.15) is 0 Å². The SMILES string of the molecule is C[NH+]1C2=C(CCNCC2)c2ccccc21.[Cl-]. The molecule has 1 aromatic rings. The Labute approximate surface area is 103 Å². The molecule has 16 heavy (non-hydrogen) atoms. The lowest BCUT2D eigenvalue weighted by atomic mass is 10.0. The van der Waals surface area contributed by atoms with Gasteiger partial charge in [-0.3, -0.25) is 4.90 Å². The van der Waals surface area contributed by atoms with Gasteiger partial charge in [0.1, 0.15) is 11.4 Å². The molecule has 1 aromatic carbocycles. The van der Waals surface area contributed by atoms with Crippen LogP contribution in [0.25, 0.3) is 5.57 Å². The van der Waals surface area contributed by atoms with Crippen molar-refractivity contribution in [3.63, 3.8) is 0 Å². The number of fused-ring (bicyclic) bond motifs is 2. The van der Waals surface area contributed by atoms with E-state index in [4.69, 9.17) is 0 Å². The number of rotatable bonds is 0. The van der Waals surface area contributed by atoms with Crippen molar-refractivity contribution in [1.29, 1.82) is 0 Å². The Balaban J connectivity index is 0.000000963. The molecule has 0 saturated heterocycles. The summed E-state index contributed by atoms with van der Waals surface area (Å²) in [5.74, 6) is 0. The first-order valence-corrected chi connectivity index (χ1v) is 5.74. The first-order valence-electron chi connectivity index (χ1n) is 5.74. The van der Waals surface area contributed by atoms with Gasteiger partial charge in [0.05, 0.1) is 7.05 Å². The molecule has 2 aliphatic rings. The monoisotopic (exact) mass is 236 g/mol. The van der Waals surface area contributed by atoms with E-state index in [2.05, 4.69) is 36.6 Å². The van der Waals surface area contributed by atoms with Crippen molar-refractivity contribution < 1.29 is 17.3 Å². The van der Waals surface area contributed by atoms with Crippen LogP contribution in [0.4, 0.5) is 5.69 Å². The summed E-state index contributed by atoms with van der Waals surface area (Å²) in [7, 11) is 2.27. The van der Waals surface area contributed by atoms with Crippen molar-refractivity contribution in [3.05, 3.63) is 35.5 Å². The Kier molecular flexibility index (Phi) is 3.33. The van der Waals surface area contributed by atoms with Gasteiger partial charge in [-0.05, 0) is 19.0 Å². The van der Waals surface area contributed by atoms with Gasteiger partial charge in [-0.15, -0.1) is 0 Å². The fourth-order valence-electron chi connectivity index (χ4n) is 2.80. The zero-order valence-corrected chi connectivity index (χ0v) is 10.3. The highest BCUT2D eigenvalue weighted by Crippen LogP contribution is 2.32. The predicted octanol–water partition coefficient (Wildman–Crippen LogP) is -2.06. The van der Waals surface area contributed by atoms with Crippen LogP contribution in [0.5, 0.6) is 0 Å². The summed E-state index contributed by atoms with van der Waals surface area (Å²) in [5, 5.41) is 3.47. The molecular weight excluding hydrogens is 220 g/mol. The molecule has 0 radical (unpaired) electrons. The van der Waals surface area contributed by atoms with Crippen molar-refractivity contribution in [2.45, 2.75) is 12.8 Å². The van der Waals surface area contributed by atoms with Crippen molar-refractivity contribution in [2.75, 3.05) is 20.1 Å². The van der Waals surface area contributed by atoms with Gasteiger partial charge in [0.25, 0.3) is 0 Å². The van der Waals surface area contributed by atoms with Crippen LogP contribution in [-0.4, -0.2) is 20.1 Å². The molecule has 0 aliphatic carbocycles. The molecule has 2 nitrogen and oxygen atoms in total. The van der Waals surface area contributed by atoms with Crippen molar-refractivity contribution in [2.24, 2.45) is 0 Å². The summed E-state index contributed by atoms with van der Waals surface area (Å²) in [5.41, 5.74) is 6.13. The minimum atomic E-state index is 0. The van der Waals surface area contributed by atoms with E-state index in [9.17, 15) is 0 Å². The second-order valence-electron chi connectivity index (χ2n) is 4.38. The van der Waals surface area contributed by atoms with Gasteiger partial charge in [0, 0.05) is 30.2 Å². The van der Waals surface area contributed by atoms with Gasteiger partial charge in [-0.25, -0.2) is 0 Å². The summed E-state index contributed by atoms with van der Waals surface area (Å²) in [6.45, 7) is 2.25. The second kappa shape index (κ2) is 4.58. The standard InChI is InChI=1S/C13H16N2.ClH/c1-15-12-5-3-2-4-10(12)11-6-8-14-9-7-13(11)15;/h2-5,14H,6-9H2,1H3;1H. The van der Waals surface area contributed by atoms with Crippen molar-refractivity contribution in [3.8, 4) is 0 Å². The Morgan fingerprint density at radius 3 is 2.75 bits per heavy atom. The van der Waals surface area contributed by atoms with E-state index in [1.54, 1.807) is 11.3 Å². The zero-order chi connectivity index (χ0) is 10.3. The van der Waals surface area contributed by atoms with Crippen LogP contribution >= 0.6 is 0 Å². The van der Waals surface area contributed by atoms with Gasteiger partial charge < -0.3 is 17.7 Å². The summed E-state index contributed by atoms with van der Waals surface area (Å²) in [6, 6.07) is 8.83. The van der Waals surface area contributed by atoms with Gasteiger partial charge in [0.2, 0.25) is 0 Å². The average Bonchev–Trinajstić information content (AvgIpc) is 2.48. The molecule has 1 atom stereocenters. The maximum Gasteiger partial charge on any atom is 0.143 e. The minimum Gasteiger partial charge on any atom is -1.00 e. The van der Waals surface area contributed by atoms with Gasteiger partial charge in [0.15, 0.2) is 0 Å². The molecule has 1 unspecified atom stereocenters. The van der Waals surface area contributed by atoms with E-state index in [1.807, 2.05) is 0 Å². The molecule has 2 heterocycles. The number of hydrogen-bond donors (Lipinski definition) is 2. The first kappa shape index (κ1) is 11.6. The Hall–Kier alpha value is -0.830. The van der Waals surface area contributed by atoms with Crippen LogP contribution < -0.4 is 22.6 Å². The first-order chi connectivity index (χ1) is 7.38.